The summed E-state index contributed by atoms with van der Waals surface area (Å²) >= 11 is 0. The van der Waals surface area contributed by atoms with Crippen LogP contribution in [0.15, 0.2) is 71.8 Å². The molecule has 0 saturated carbocycles. The van der Waals surface area contributed by atoms with Crippen LogP contribution in [0.5, 0.6) is 0 Å². The van der Waals surface area contributed by atoms with Gasteiger partial charge in [-0.2, -0.15) is 5.10 Å². The average molecular weight is 441 g/mol. The first kappa shape index (κ1) is 20.6. The van der Waals surface area contributed by atoms with Crippen LogP contribution in [-0.4, -0.2) is 29.1 Å². The Morgan fingerprint density at radius 1 is 1.09 bits per heavy atom. The standard InChI is InChI=1S/C25H20FN5O2/c26-16-8-6-14(7-9-16)10-20(27)25(33)29-17-11-18-22-19(13-28-31-24(18)32)23(30-21(22)12-17)15-4-2-1-3-5-15/h1-9,11-13,20,30H,10,27H2,(H,29,33)(H,31,32)/t20-/m1/s1. The number of nitrogens with two attached hydrogens (primary N) is 1. The van der Waals surface area contributed by atoms with Gasteiger partial charge in [0.1, 0.15) is 5.82 Å². The van der Waals surface area contributed by atoms with E-state index in [0.29, 0.717) is 16.8 Å². The van der Waals surface area contributed by atoms with Gasteiger partial charge < -0.3 is 16.0 Å². The highest BCUT2D eigenvalue weighted by atomic mass is 19.1. The lowest BCUT2D eigenvalue weighted by Crippen LogP contribution is -2.37. The van der Waals surface area contributed by atoms with Gasteiger partial charge in [0.2, 0.25) is 5.91 Å². The second kappa shape index (κ2) is 8.33. The third kappa shape index (κ3) is 3.99. The van der Waals surface area contributed by atoms with Gasteiger partial charge in [-0.15, -0.1) is 0 Å². The van der Waals surface area contributed by atoms with E-state index in [1.54, 1.807) is 30.5 Å². The number of hydrazone groups is 1. The molecule has 5 rings (SSSR count). The quantitative estimate of drug-likeness (QED) is 0.380. The van der Waals surface area contributed by atoms with Crippen molar-refractivity contribution in [2.45, 2.75) is 12.5 Å². The van der Waals surface area contributed by atoms with Gasteiger partial charge in [-0.25, -0.2) is 9.82 Å². The monoisotopic (exact) mass is 441 g/mol. The topological polar surface area (TPSA) is 112 Å². The highest BCUT2D eigenvalue weighted by Gasteiger charge is 2.23. The third-order valence-corrected chi connectivity index (χ3v) is 5.58. The third-order valence-electron chi connectivity index (χ3n) is 5.58. The number of nitrogens with zero attached hydrogens (tertiary/aromatic N) is 1. The summed E-state index contributed by atoms with van der Waals surface area (Å²) in [7, 11) is 0. The molecule has 7 nitrogen and oxygen atoms in total. The van der Waals surface area contributed by atoms with E-state index in [4.69, 9.17) is 5.73 Å². The maximum Gasteiger partial charge on any atom is 0.272 e. The van der Waals surface area contributed by atoms with E-state index in [-0.39, 0.29) is 18.1 Å². The van der Waals surface area contributed by atoms with Crippen molar-refractivity contribution in [3.8, 4) is 11.3 Å². The van der Waals surface area contributed by atoms with Crippen LogP contribution in [0, 0.1) is 5.82 Å². The zero-order valence-corrected chi connectivity index (χ0v) is 17.4. The molecule has 33 heavy (non-hydrogen) atoms. The molecule has 3 aromatic carbocycles. The molecule has 2 heterocycles. The number of aromatic amines is 1. The van der Waals surface area contributed by atoms with Crippen LogP contribution in [0.3, 0.4) is 0 Å². The number of hydrogen-bond acceptors (Lipinski definition) is 4. The van der Waals surface area contributed by atoms with Crippen molar-refractivity contribution < 1.29 is 14.0 Å². The van der Waals surface area contributed by atoms with Gasteiger partial charge in [-0.3, -0.25) is 9.59 Å². The molecule has 1 atom stereocenters. The van der Waals surface area contributed by atoms with E-state index >= 15 is 0 Å². The fourth-order valence-electron chi connectivity index (χ4n) is 3.99. The van der Waals surface area contributed by atoms with Gasteiger partial charge in [-0.1, -0.05) is 42.5 Å². The smallest absolute Gasteiger partial charge is 0.272 e. The molecule has 5 N–H and O–H groups in total. The molecule has 1 aromatic heterocycles. The fourth-order valence-corrected chi connectivity index (χ4v) is 3.99. The summed E-state index contributed by atoms with van der Waals surface area (Å²) in [6.07, 6.45) is 1.87. The number of benzene rings is 3. The number of nitrogens with one attached hydrogen (secondary N) is 3. The normalized spacial score (nSPS) is 13.5. The summed E-state index contributed by atoms with van der Waals surface area (Å²) in [5, 5.41) is 7.56. The summed E-state index contributed by atoms with van der Waals surface area (Å²) in [5.41, 5.74) is 13.4. The molecule has 1 aliphatic rings. The van der Waals surface area contributed by atoms with Crippen LogP contribution < -0.4 is 16.5 Å². The van der Waals surface area contributed by atoms with Crippen molar-refractivity contribution in [3.63, 3.8) is 0 Å². The molecule has 164 valence electrons. The summed E-state index contributed by atoms with van der Waals surface area (Å²) in [6, 6.07) is 18.1. The molecule has 0 unspecified atom stereocenters. The van der Waals surface area contributed by atoms with Crippen molar-refractivity contribution in [2.24, 2.45) is 10.8 Å². The number of amides is 2. The number of anilines is 1. The Bertz CT molecular complexity index is 1390. The summed E-state index contributed by atoms with van der Waals surface area (Å²) in [5.74, 6) is -1.14. The molecule has 0 saturated heterocycles. The predicted octanol–water partition coefficient (Wildman–Crippen LogP) is 3.56. The van der Waals surface area contributed by atoms with Gasteiger partial charge in [0.25, 0.3) is 5.91 Å². The lowest BCUT2D eigenvalue weighted by atomic mass is 10.0. The van der Waals surface area contributed by atoms with Gasteiger partial charge in [0.15, 0.2) is 0 Å². The number of halogens is 1. The first-order chi connectivity index (χ1) is 16.0. The van der Waals surface area contributed by atoms with Gasteiger partial charge >= 0.3 is 0 Å². The summed E-state index contributed by atoms with van der Waals surface area (Å²) < 4.78 is 13.1. The van der Waals surface area contributed by atoms with E-state index in [1.165, 1.54) is 12.1 Å². The Hall–Kier alpha value is -4.30. The molecule has 0 bridgehead atoms. The van der Waals surface area contributed by atoms with Crippen LogP contribution in [0.25, 0.3) is 22.2 Å². The van der Waals surface area contributed by atoms with E-state index in [9.17, 15) is 14.0 Å². The molecular weight excluding hydrogens is 421 g/mol. The minimum absolute atomic E-state index is 0.250. The maximum absolute atomic E-state index is 13.1. The SMILES string of the molecule is N[C@H](Cc1ccc(F)cc1)C(=O)Nc1cc2c3c(c(-c4ccccc4)[nH]c3c1)C=NNC2=O. The van der Waals surface area contributed by atoms with Crippen molar-refractivity contribution >= 4 is 34.6 Å². The van der Waals surface area contributed by atoms with E-state index < -0.39 is 11.9 Å². The highest BCUT2D eigenvalue weighted by molar-refractivity contribution is 6.18. The largest absolute Gasteiger partial charge is 0.354 e. The molecule has 8 heteroatoms. The molecule has 0 fully saturated rings. The van der Waals surface area contributed by atoms with Crippen LogP contribution in [0.4, 0.5) is 10.1 Å². The molecular formula is C25H20FN5O2. The van der Waals surface area contributed by atoms with E-state index in [0.717, 1.165) is 27.8 Å². The number of aromatic nitrogens is 1. The highest BCUT2D eigenvalue weighted by Crippen LogP contribution is 2.34. The number of hydrogen-bond donors (Lipinski definition) is 4. The van der Waals surface area contributed by atoms with Crippen molar-refractivity contribution in [2.75, 3.05) is 5.32 Å². The number of rotatable bonds is 5. The predicted molar refractivity (Wildman–Crippen MR) is 126 cm³/mol. The fraction of sp³-hybridized carbons (Fsp3) is 0.0800. The lowest BCUT2D eigenvalue weighted by molar-refractivity contribution is -0.117. The first-order valence-corrected chi connectivity index (χ1v) is 10.4. The van der Waals surface area contributed by atoms with Gasteiger partial charge in [0.05, 0.1) is 23.5 Å². The molecule has 1 aliphatic heterocycles. The van der Waals surface area contributed by atoms with Gasteiger partial charge in [0, 0.05) is 22.2 Å². The van der Waals surface area contributed by atoms with Crippen LogP contribution in [-0.2, 0) is 11.2 Å². The minimum Gasteiger partial charge on any atom is -0.354 e. The lowest BCUT2D eigenvalue weighted by Gasteiger charge is -2.13. The summed E-state index contributed by atoms with van der Waals surface area (Å²) in [4.78, 5) is 28.8. The second-order valence-corrected chi connectivity index (χ2v) is 7.85. The zero-order chi connectivity index (χ0) is 22.9. The Morgan fingerprint density at radius 3 is 2.61 bits per heavy atom. The zero-order valence-electron chi connectivity index (χ0n) is 17.4. The molecule has 0 aliphatic carbocycles. The Kier molecular flexibility index (Phi) is 5.20. The second-order valence-electron chi connectivity index (χ2n) is 7.85. The molecule has 4 aromatic rings. The van der Waals surface area contributed by atoms with Crippen LogP contribution in [0.2, 0.25) is 0 Å². The molecule has 0 radical (unpaired) electrons. The van der Waals surface area contributed by atoms with Gasteiger partial charge in [-0.05, 0) is 41.8 Å². The Labute approximate surface area is 188 Å². The van der Waals surface area contributed by atoms with Crippen LogP contribution in [0.1, 0.15) is 21.5 Å². The Balaban J connectivity index is 1.48. The molecule has 2 amide bonds. The van der Waals surface area contributed by atoms with Crippen molar-refractivity contribution in [1.82, 2.24) is 10.4 Å². The van der Waals surface area contributed by atoms with Crippen molar-refractivity contribution in [1.29, 1.82) is 0 Å². The Morgan fingerprint density at radius 2 is 1.85 bits per heavy atom. The number of H-pyrrole nitrogens is 1. The summed E-state index contributed by atoms with van der Waals surface area (Å²) in [6.45, 7) is 0. The minimum atomic E-state index is -0.846. The number of carbonyl (C=O) groups is 2. The number of carbonyl (C=O) groups excluding carboxylic acids is 2. The molecule has 0 spiro atoms. The van der Waals surface area contributed by atoms with E-state index in [1.807, 2.05) is 30.3 Å². The van der Waals surface area contributed by atoms with E-state index in [2.05, 4.69) is 20.8 Å². The maximum atomic E-state index is 13.1. The van der Waals surface area contributed by atoms with Crippen molar-refractivity contribution in [3.05, 3.63) is 89.2 Å². The first-order valence-electron chi connectivity index (χ1n) is 10.4. The average Bonchev–Trinajstić information content (AvgIpc) is 3.09. The van der Waals surface area contributed by atoms with Crippen LogP contribution >= 0.6 is 0 Å².